The Morgan fingerprint density at radius 2 is 1.37 bits per heavy atom. The summed E-state index contributed by atoms with van der Waals surface area (Å²) in [6, 6.07) is 15.8. The van der Waals surface area contributed by atoms with Gasteiger partial charge >= 0.3 is 0 Å². The third-order valence-electron chi connectivity index (χ3n) is 2.61. The summed E-state index contributed by atoms with van der Waals surface area (Å²) in [6.07, 6.45) is 0. The molecule has 19 heavy (non-hydrogen) atoms. The number of hydrogen-bond acceptors (Lipinski definition) is 4. The average Bonchev–Trinajstić information content (AvgIpc) is 2.47. The minimum atomic E-state index is -3.15. The van der Waals surface area contributed by atoms with Crippen LogP contribution in [0.4, 0.5) is 11.4 Å². The monoisotopic (exact) mass is 274 g/mol. The zero-order valence-corrected chi connectivity index (χ0v) is 11.3. The van der Waals surface area contributed by atoms with Crippen LogP contribution in [0.3, 0.4) is 0 Å². The molecule has 0 spiro atoms. The van der Waals surface area contributed by atoms with Crippen LogP contribution in [0.5, 0.6) is 0 Å². The Morgan fingerprint density at radius 1 is 0.842 bits per heavy atom. The first-order valence-electron chi connectivity index (χ1n) is 5.91. The average molecular weight is 274 g/mol. The van der Waals surface area contributed by atoms with Crippen LogP contribution in [0.25, 0.3) is 0 Å². The molecule has 4 nitrogen and oxygen atoms in total. The summed E-state index contributed by atoms with van der Waals surface area (Å²) in [7, 11) is -3.15. The summed E-state index contributed by atoms with van der Waals surface area (Å²) >= 11 is 0. The Balaban J connectivity index is 2.18. The van der Waals surface area contributed by atoms with E-state index < -0.39 is 9.84 Å². The van der Waals surface area contributed by atoms with E-state index in [1.807, 2.05) is 30.3 Å². The first-order chi connectivity index (χ1) is 9.12. The lowest BCUT2D eigenvalue weighted by Crippen LogP contribution is -2.02. The van der Waals surface area contributed by atoms with Crippen LogP contribution >= 0.6 is 0 Å². The van der Waals surface area contributed by atoms with E-state index in [1.54, 1.807) is 31.2 Å². The molecule has 5 heteroatoms. The molecule has 0 unspecified atom stereocenters. The zero-order chi connectivity index (χ0) is 13.7. The summed E-state index contributed by atoms with van der Waals surface area (Å²) in [5.74, 6) is 0.0951. The van der Waals surface area contributed by atoms with Gasteiger partial charge in [-0.25, -0.2) is 8.42 Å². The van der Waals surface area contributed by atoms with Gasteiger partial charge in [0, 0.05) is 0 Å². The number of hydrogen-bond donors (Lipinski definition) is 0. The van der Waals surface area contributed by atoms with Crippen LogP contribution in [0, 0.1) is 0 Å². The van der Waals surface area contributed by atoms with E-state index in [9.17, 15) is 8.42 Å². The Kier molecular flexibility index (Phi) is 4.06. The van der Waals surface area contributed by atoms with Crippen molar-refractivity contribution in [3.05, 3.63) is 54.6 Å². The highest BCUT2D eigenvalue weighted by Crippen LogP contribution is 2.20. The maximum absolute atomic E-state index is 11.6. The smallest absolute Gasteiger partial charge is 0.178 e. The molecule has 0 amide bonds. The molecule has 0 aliphatic carbocycles. The van der Waals surface area contributed by atoms with E-state index in [4.69, 9.17) is 0 Å². The molecule has 98 valence electrons. The van der Waals surface area contributed by atoms with Crippen molar-refractivity contribution in [3.63, 3.8) is 0 Å². The topological polar surface area (TPSA) is 58.9 Å². The molecule has 0 aromatic heterocycles. The van der Waals surface area contributed by atoms with Crippen molar-refractivity contribution < 1.29 is 8.42 Å². The molecular formula is C14H14N2O2S. The molecule has 0 radical (unpaired) electrons. The van der Waals surface area contributed by atoms with Crippen LogP contribution in [-0.2, 0) is 9.84 Å². The first-order valence-corrected chi connectivity index (χ1v) is 7.56. The lowest BCUT2D eigenvalue weighted by atomic mass is 10.3. The lowest BCUT2D eigenvalue weighted by molar-refractivity contribution is 0.597. The van der Waals surface area contributed by atoms with Crippen LogP contribution in [-0.4, -0.2) is 14.2 Å². The van der Waals surface area contributed by atoms with E-state index in [1.165, 1.54) is 0 Å². The van der Waals surface area contributed by atoms with Gasteiger partial charge in [0.25, 0.3) is 0 Å². The van der Waals surface area contributed by atoms with Crippen molar-refractivity contribution in [2.45, 2.75) is 11.8 Å². The molecule has 2 rings (SSSR count). The third kappa shape index (κ3) is 3.48. The molecule has 2 aromatic rings. The molecule has 0 atom stereocenters. The van der Waals surface area contributed by atoms with E-state index in [0.717, 1.165) is 5.69 Å². The summed E-state index contributed by atoms with van der Waals surface area (Å²) in [6.45, 7) is 1.62. The van der Waals surface area contributed by atoms with Gasteiger partial charge in [-0.05, 0) is 36.4 Å². The second-order valence-electron chi connectivity index (χ2n) is 3.93. The number of sulfone groups is 1. The maximum Gasteiger partial charge on any atom is 0.178 e. The minimum absolute atomic E-state index is 0.0951. The van der Waals surface area contributed by atoms with E-state index in [2.05, 4.69) is 10.2 Å². The maximum atomic E-state index is 11.6. The normalized spacial score (nSPS) is 11.8. The summed E-state index contributed by atoms with van der Waals surface area (Å²) in [5, 5.41) is 8.12. The summed E-state index contributed by atoms with van der Waals surface area (Å²) < 4.78 is 23.3. The first kappa shape index (κ1) is 13.4. The number of rotatable bonds is 4. The Hall–Kier alpha value is -2.01. The summed E-state index contributed by atoms with van der Waals surface area (Å²) in [4.78, 5) is 0.314. The van der Waals surface area contributed by atoms with Crippen molar-refractivity contribution in [2.75, 3.05) is 5.75 Å². The van der Waals surface area contributed by atoms with Gasteiger partial charge in [0.2, 0.25) is 0 Å². The number of nitrogens with zero attached hydrogens (tertiary/aromatic N) is 2. The van der Waals surface area contributed by atoms with Gasteiger partial charge in [-0.1, -0.05) is 25.1 Å². The quantitative estimate of drug-likeness (QED) is 0.794. The van der Waals surface area contributed by atoms with Gasteiger partial charge < -0.3 is 0 Å². The number of benzene rings is 2. The zero-order valence-electron chi connectivity index (χ0n) is 10.5. The molecular weight excluding hydrogens is 260 g/mol. The predicted molar refractivity (Wildman–Crippen MR) is 74.8 cm³/mol. The molecule has 0 aliphatic rings. The molecule has 0 fully saturated rings. The van der Waals surface area contributed by atoms with E-state index >= 15 is 0 Å². The summed E-state index contributed by atoms with van der Waals surface area (Å²) in [5.41, 5.74) is 1.38. The van der Waals surface area contributed by atoms with Crippen LogP contribution in [0.15, 0.2) is 69.7 Å². The second kappa shape index (κ2) is 5.75. The largest absolute Gasteiger partial charge is 0.224 e. The Bertz CT molecular complexity index is 662. The molecule has 0 N–H and O–H groups in total. The molecule has 0 heterocycles. The fourth-order valence-corrected chi connectivity index (χ4v) is 2.38. The molecule has 0 aliphatic heterocycles. The van der Waals surface area contributed by atoms with Gasteiger partial charge in [-0.15, -0.1) is 0 Å². The van der Waals surface area contributed by atoms with Gasteiger partial charge in [0.1, 0.15) is 0 Å². The van der Waals surface area contributed by atoms with Crippen molar-refractivity contribution in [2.24, 2.45) is 10.2 Å². The van der Waals surface area contributed by atoms with Crippen molar-refractivity contribution in [1.29, 1.82) is 0 Å². The highest BCUT2D eigenvalue weighted by molar-refractivity contribution is 7.91. The third-order valence-corrected chi connectivity index (χ3v) is 4.36. The molecule has 0 saturated carbocycles. The van der Waals surface area contributed by atoms with Gasteiger partial charge in [-0.2, -0.15) is 10.2 Å². The second-order valence-corrected chi connectivity index (χ2v) is 6.21. The molecule has 0 bridgehead atoms. The predicted octanol–water partition coefficient (Wildman–Crippen LogP) is 3.90. The highest BCUT2D eigenvalue weighted by Gasteiger charge is 2.10. The number of azo groups is 1. The van der Waals surface area contributed by atoms with Crippen molar-refractivity contribution >= 4 is 21.2 Å². The standard InChI is InChI=1S/C14H14N2O2S/c1-2-19(17,18)14-10-8-13(9-11-14)16-15-12-6-4-3-5-7-12/h3-11H,2H2,1H3/b16-15+. The Morgan fingerprint density at radius 3 is 1.89 bits per heavy atom. The highest BCUT2D eigenvalue weighted by atomic mass is 32.2. The Labute approximate surface area is 112 Å². The molecule has 2 aromatic carbocycles. The van der Waals surface area contributed by atoms with Gasteiger partial charge in [0.15, 0.2) is 9.84 Å². The molecule has 0 saturated heterocycles. The van der Waals surface area contributed by atoms with Crippen LogP contribution < -0.4 is 0 Å². The van der Waals surface area contributed by atoms with Crippen molar-refractivity contribution in [3.8, 4) is 0 Å². The fourth-order valence-electron chi connectivity index (χ4n) is 1.50. The van der Waals surface area contributed by atoms with E-state index in [0.29, 0.717) is 10.6 Å². The van der Waals surface area contributed by atoms with Crippen LogP contribution in [0.1, 0.15) is 6.92 Å². The minimum Gasteiger partial charge on any atom is -0.224 e. The van der Waals surface area contributed by atoms with Crippen molar-refractivity contribution in [1.82, 2.24) is 0 Å². The lowest BCUT2D eigenvalue weighted by Gasteiger charge is -2.00. The SMILES string of the molecule is CCS(=O)(=O)c1ccc(/N=N/c2ccccc2)cc1. The van der Waals surface area contributed by atoms with Gasteiger partial charge in [-0.3, -0.25) is 0 Å². The van der Waals surface area contributed by atoms with Crippen LogP contribution in [0.2, 0.25) is 0 Å². The van der Waals surface area contributed by atoms with Gasteiger partial charge in [0.05, 0.1) is 22.0 Å². The van der Waals surface area contributed by atoms with E-state index in [-0.39, 0.29) is 5.75 Å². The fraction of sp³-hybridized carbons (Fsp3) is 0.143.